The van der Waals surface area contributed by atoms with Crippen LogP contribution in [0.4, 0.5) is 5.69 Å². The van der Waals surface area contributed by atoms with E-state index in [0.29, 0.717) is 18.7 Å². The molecule has 0 spiro atoms. The van der Waals surface area contributed by atoms with Crippen molar-refractivity contribution in [3.05, 3.63) is 54.9 Å². The second-order valence-electron chi connectivity index (χ2n) is 7.41. The molecule has 1 aliphatic rings. The summed E-state index contributed by atoms with van der Waals surface area (Å²) < 4.78 is 6.67. The van der Waals surface area contributed by atoms with Gasteiger partial charge in [-0.2, -0.15) is 0 Å². The molecule has 1 fully saturated rings. The highest BCUT2D eigenvalue weighted by Gasteiger charge is 2.32. The lowest BCUT2D eigenvalue weighted by atomic mass is 10.0. The highest BCUT2D eigenvalue weighted by molar-refractivity contribution is 5.97. The summed E-state index contributed by atoms with van der Waals surface area (Å²) >= 11 is 0. The Hall–Kier alpha value is -3.75. The standard InChI is InChI=1S/C22H24N6O3/c1-31-19-9-5-7-17(13-19)16-6-4-8-18(12-16)24-22(30)20-10-2-3-11-28(20)21(29)14-27-15-23-25-26-27/h4-9,12-13,15,20H,2-3,10-11,14H2,1H3,(H,24,30)/t20-/m1/s1. The van der Waals surface area contributed by atoms with Gasteiger partial charge in [-0.25, -0.2) is 4.68 Å². The molecule has 31 heavy (non-hydrogen) atoms. The second kappa shape index (κ2) is 9.38. The van der Waals surface area contributed by atoms with Crippen LogP contribution in [0, 0.1) is 0 Å². The van der Waals surface area contributed by atoms with Gasteiger partial charge < -0.3 is 15.0 Å². The smallest absolute Gasteiger partial charge is 0.247 e. The van der Waals surface area contributed by atoms with E-state index in [4.69, 9.17) is 4.74 Å². The first-order valence-corrected chi connectivity index (χ1v) is 10.2. The number of methoxy groups -OCH3 is 1. The van der Waals surface area contributed by atoms with Crippen LogP contribution in [0.5, 0.6) is 5.75 Å². The van der Waals surface area contributed by atoms with Crippen LogP contribution < -0.4 is 10.1 Å². The maximum absolute atomic E-state index is 13.1. The molecule has 4 rings (SSSR count). The largest absolute Gasteiger partial charge is 0.497 e. The van der Waals surface area contributed by atoms with Crippen molar-refractivity contribution in [1.29, 1.82) is 0 Å². The van der Waals surface area contributed by atoms with E-state index in [1.54, 1.807) is 12.0 Å². The van der Waals surface area contributed by atoms with Gasteiger partial charge in [0.05, 0.1) is 7.11 Å². The Labute approximate surface area is 180 Å². The van der Waals surface area contributed by atoms with E-state index >= 15 is 0 Å². The van der Waals surface area contributed by atoms with Crippen LogP contribution in [0.1, 0.15) is 19.3 Å². The molecule has 2 amide bonds. The molecule has 9 heteroatoms. The molecule has 3 aromatic rings. The number of rotatable bonds is 6. The molecule has 2 aromatic carbocycles. The van der Waals surface area contributed by atoms with Crippen molar-refractivity contribution in [2.45, 2.75) is 31.8 Å². The molecule has 0 radical (unpaired) electrons. The Morgan fingerprint density at radius 1 is 1.13 bits per heavy atom. The van der Waals surface area contributed by atoms with Crippen LogP contribution in [-0.2, 0) is 16.1 Å². The van der Waals surface area contributed by atoms with Gasteiger partial charge in [-0.1, -0.05) is 24.3 Å². The highest BCUT2D eigenvalue weighted by atomic mass is 16.5. The number of ether oxygens (including phenoxy) is 1. The average molecular weight is 420 g/mol. The zero-order chi connectivity index (χ0) is 21.6. The predicted octanol–water partition coefficient (Wildman–Crippen LogP) is 2.37. The molecule has 1 N–H and O–H groups in total. The fraction of sp³-hybridized carbons (Fsp3) is 0.318. The SMILES string of the molecule is COc1cccc(-c2cccc(NC(=O)[C@H]3CCCCN3C(=O)Cn3cnnn3)c2)c1. The summed E-state index contributed by atoms with van der Waals surface area (Å²) in [6, 6.07) is 14.9. The molecule has 1 atom stereocenters. The Bertz CT molecular complexity index is 1050. The Kier molecular flexibility index (Phi) is 6.21. The Morgan fingerprint density at radius 2 is 1.94 bits per heavy atom. The number of carbonyl (C=O) groups is 2. The van der Waals surface area contributed by atoms with Gasteiger partial charge in [-0.3, -0.25) is 9.59 Å². The van der Waals surface area contributed by atoms with Crippen LogP contribution in [0.25, 0.3) is 11.1 Å². The molecule has 0 unspecified atom stereocenters. The van der Waals surface area contributed by atoms with Gasteiger partial charge in [-0.15, -0.1) is 5.10 Å². The summed E-state index contributed by atoms with van der Waals surface area (Å²) in [6.07, 6.45) is 3.79. The Balaban J connectivity index is 1.48. The molecule has 0 saturated carbocycles. The number of benzene rings is 2. The maximum atomic E-state index is 13.1. The van der Waals surface area contributed by atoms with Gasteiger partial charge in [-0.05, 0) is 65.1 Å². The third kappa shape index (κ3) is 4.88. The summed E-state index contributed by atoms with van der Waals surface area (Å²) in [5, 5.41) is 13.8. The summed E-state index contributed by atoms with van der Waals surface area (Å²) in [6.45, 7) is 0.561. The fourth-order valence-corrected chi connectivity index (χ4v) is 3.79. The number of tetrazole rings is 1. The van der Waals surface area contributed by atoms with Gasteiger partial charge in [0.15, 0.2) is 0 Å². The van der Waals surface area contributed by atoms with E-state index in [0.717, 1.165) is 29.7 Å². The number of carbonyl (C=O) groups excluding carboxylic acids is 2. The molecule has 160 valence electrons. The van der Waals surface area contributed by atoms with Crippen LogP contribution in [0.15, 0.2) is 54.9 Å². The summed E-state index contributed by atoms with van der Waals surface area (Å²) in [4.78, 5) is 27.4. The van der Waals surface area contributed by atoms with Gasteiger partial charge in [0, 0.05) is 12.2 Å². The van der Waals surface area contributed by atoms with E-state index in [-0.39, 0.29) is 18.4 Å². The molecule has 0 aliphatic carbocycles. The lowest BCUT2D eigenvalue weighted by Crippen LogP contribution is -2.51. The summed E-state index contributed by atoms with van der Waals surface area (Å²) in [5.41, 5.74) is 2.64. The minimum Gasteiger partial charge on any atom is -0.497 e. The van der Waals surface area contributed by atoms with E-state index in [9.17, 15) is 9.59 Å². The molecule has 1 saturated heterocycles. The van der Waals surface area contributed by atoms with Crippen molar-refractivity contribution in [3.63, 3.8) is 0 Å². The lowest BCUT2D eigenvalue weighted by molar-refractivity contribution is -0.141. The topological polar surface area (TPSA) is 102 Å². The van der Waals surface area contributed by atoms with Crippen molar-refractivity contribution in [3.8, 4) is 16.9 Å². The van der Waals surface area contributed by atoms with Crippen molar-refractivity contribution >= 4 is 17.5 Å². The fourth-order valence-electron chi connectivity index (χ4n) is 3.79. The van der Waals surface area contributed by atoms with Crippen molar-refractivity contribution in [1.82, 2.24) is 25.1 Å². The minimum absolute atomic E-state index is 0.0160. The number of hydrogen-bond donors (Lipinski definition) is 1. The van der Waals surface area contributed by atoms with Gasteiger partial charge in [0.25, 0.3) is 0 Å². The Morgan fingerprint density at radius 3 is 2.71 bits per heavy atom. The average Bonchev–Trinajstić information content (AvgIpc) is 3.32. The maximum Gasteiger partial charge on any atom is 0.247 e. The summed E-state index contributed by atoms with van der Waals surface area (Å²) in [7, 11) is 1.63. The first kappa shape index (κ1) is 20.5. The van der Waals surface area contributed by atoms with Crippen molar-refractivity contribution in [2.75, 3.05) is 19.0 Å². The normalized spacial score (nSPS) is 16.0. The number of aromatic nitrogens is 4. The van der Waals surface area contributed by atoms with E-state index < -0.39 is 6.04 Å². The van der Waals surface area contributed by atoms with Gasteiger partial charge in [0.1, 0.15) is 24.7 Å². The second-order valence-corrected chi connectivity index (χ2v) is 7.41. The third-order valence-electron chi connectivity index (χ3n) is 5.35. The first-order chi connectivity index (χ1) is 15.1. The molecule has 2 heterocycles. The summed E-state index contributed by atoms with van der Waals surface area (Å²) in [5.74, 6) is 0.413. The molecule has 1 aliphatic heterocycles. The number of anilines is 1. The van der Waals surface area contributed by atoms with Crippen LogP contribution in [0.3, 0.4) is 0 Å². The van der Waals surface area contributed by atoms with E-state index in [2.05, 4.69) is 20.8 Å². The van der Waals surface area contributed by atoms with Gasteiger partial charge in [0.2, 0.25) is 11.8 Å². The number of amides is 2. The molecular weight excluding hydrogens is 396 g/mol. The van der Waals surface area contributed by atoms with E-state index in [1.807, 2.05) is 48.5 Å². The number of nitrogens with zero attached hydrogens (tertiary/aromatic N) is 5. The third-order valence-corrected chi connectivity index (χ3v) is 5.35. The number of hydrogen-bond acceptors (Lipinski definition) is 6. The van der Waals surface area contributed by atoms with Gasteiger partial charge >= 0.3 is 0 Å². The number of piperidine rings is 1. The van der Waals surface area contributed by atoms with Crippen LogP contribution >= 0.6 is 0 Å². The van der Waals surface area contributed by atoms with Crippen LogP contribution in [0.2, 0.25) is 0 Å². The monoisotopic (exact) mass is 420 g/mol. The molecule has 9 nitrogen and oxygen atoms in total. The first-order valence-electron chi connectivity index (χ1n) is 10.2. The number of nitrogens with one attached hydrogen (secondary N) is 1. The van der Waals surface area contributed by atoms with Crippen molar-refractivity contribution in [2.24, 2.45) is 0 Å². The van der Waals surface area contributed by atoms with Crippen molar-refractivity contribution < 1.29 is 14.3 Å². The zero-order valence-corrected chi connectivity index (χ0v) is 17.3. The number of likely N-dealkylation sites (tertiary alicyclic amines) is 1. The van der Waals surface area contributed by atoms with E-state index in [1.165, 1.54) is 11.0 Å². The lowest BCUT2D eigenvalue weighted by Gasteiger charge is -2.34. The molecule has 0 bridgehead atoms. The predicted molar refractivity (Wildman–Crippen MR) is 114 cm³/mol. The quantitative estimate of drug-likeness (QED) is 0.657. The highest BCUT2D eigenvalue weighted by Crippen LogP contribution is 2.27. The minimum atomic E-state index is -0.516. The molecular formula is C22H24N6O3. The zero-order valence-electron chi connectivity index (χ0n) is 17.3. The van der Waals surface area contributed by atoms with Crippen LogP contribution in [-0.4, -0.2) is 56.6 Å². The molecule has 1 aromatic heterocycles.